The molecular formula is C17H27N7S. The minimum atomic E-state index is 0.371. The van der Waals surface area contributed by atoms with Gasteiger partial charge in [-0.15, -0.1) is 0 Å². The third-order valence-electron chi connectivity index (χ3n) is 4.56. The van der Waals surface area contributed by atoms with Crippen molar-refractivity contribution in [1.82, 2.24) is 19.3 Å². The van der Waals surface area contributed by atoms with Gasteiger partial charge >= 0.3 is 0 Å². The molecule has 3 heterocycles. The van der Waals surface area contributed by atoms with E-state index < -0.39 is 0 Å². The van der Waals surface area contributed by atoms with Crippen LogP contribution < -0.4 is 14.7 Å². The van der Waals surface area contributed by atoms with E-state index in [4.69, 9.17) is 4.98 Å². The summed E-state index contributed by atoms with van der Waals surface area (Å²) >= 11 is 1.51. The summed E-state index contributed by atoms with van der Waals surface area (Å²) in [5.41, 5.74) is 0. The van der Waals surface area contributed by atoms with Crippen molar-refractivity contribution in [2.24, 2.45) is 0 Å². The van der Waals surface area contributed by atoms with Gasteiger partial charge in [0.15, 0.2) is 0 Å². The molecule has 0 spiro atoms. The molecule has 0 saturated carbocycles. The van der Waals surface area contributed by atoms with Crippen molar-refractivity contribution in [3.8, 4) is 0 Å². The molecule has 1 atom stereocenters. The van der Waals surface area contributed by atoms with Gasteiger partial charge in [0, 0.05) is 63.9 Å². The Kier molecular flexibility index (Phi) is 5.36. The Morgan fingerprint density at radius 3 is 2.72 bits per heavy atom. The summed E-state index contributed by atoms with van der Waals surface area (Å²) in [6, 6.07) is 2.30. The first-order valence-electron chi connectivity index (χ1n) is 8.77. The second-order valence-corrected chi connectivity index (χ2v) is 7.78. The second-order valence-electron chi connectivity index (χ2n) is 7.05. The van der Waals surface area contributed by atoms with Crippen molar-refractivity contribution in [2.45, 2.75) is 38.6 Å². The van der Waals surface area contributed by atoms with Gasteiger partial charge in [0.1, 0.15) is 11.6 Å². The maximum Gasteiger partial charge on any atom is 0.227 e. The normalized spacial score (nSPS) is 17.8. The SMILES string of the molecule is CC(C)c1nsc(N2CCCC(N(C)c3nccc(N(C)C)n3)C2)n1. The summed E-state index contributed by atoms with van der Waals surface area (Å²) in [7, 11) is 6.08. The molecule has 8 heteroatoms. The molecule has 0 bridgehead atoms. The number of piperidine rings is 1. The van der Waals surface area contributed by atoms with E-state index in [1.165, 1.54) is 11.5 Å². The third kappa shape index (κ3) is 4.00. The molecule has 2 aromatic heterocycles. The number of rotatable bonds is 5. The molecule has 1 aliphatic heterocycles. The van der Waals surface area contributed by atoms with Gasteiger partial charge in [-0.25, -0.2) is 9.97 Å². The minimum Gasteiger partial charge on any atom is -0.363 e. The van der Waals surface area contributed by atoms with E-state index in [1.807, 2.05) is 31.3 Å². The minimum absolute atomic E-state index is 0.371. The molecule has 7 nitrogen and oxygen atoms in total. The van der Waals surface area contributed by atoms with Crippen molar-refractivity contribution >= 4 is 28.4 Å². The molecule has 3 rings (SSSR count). The lowest BCUT2D eigenvalue weighted by molar-refractivity contribution is 0.482. The standard InChI is InChI=1S/C17H27N7S/c1-12(2)15-20-17(25-21-15)24-10-6-7-13(11-24)23(5)16-18-9-8-14(19-16)22(3)4/h8-9,12-13H,6-7,10-11H2,1-5H3. The average molecular weight is 362 g/mol. The largest absolute Gasteiger partial charge is 0.363 e. The molecule has 0 amide bonds. The van der Waals surface area contributed by atoms with Gasteiger partial charge in [0.2, 0.25) is 11.1 Å². The molecule has 0 aliphatic carbocycles. The molecule has 1 unspecified atom stereocenters. The maximum atomic E-state index is 4.71. The van der Waals surface area contributed by atoms with Crippen molar-refractivity contribution in [3.63, 3.8) is 0 Å². The zero-order valence-electron chi connectivity index (χ0n) is 15.7. The van der Waals surface area contributed by atoms with Crippen molar-refractivity contribution in [2.75, 3.05) is 48.9 Å². The summed E-state index contributed by atoms with van der Waals surface area (Å²) < 4.78 is 4.50. The third-order valence-corrected chi connectivity index (χ3v) is 5.36. The monoisotopic (exact) mass is 361 g/mol. The van der Waals surface area contributed by atoms with Crippen molar-refractivity contribution in [1.29, 1.82) is 0 Å². The van der Waals surface area contributed by atoms with Crippen molar-refractivity contribution < 1.29 is 0 Å². The molecule has 1 aliphatic rings. The molecule has 0 N–H and O–H groups in total. The van der Waals surface area contributed by atoms with Crippen LogP contribution in [-0.2, 0) is 0 Å². The topological polar surface area (TPSA) is 61.3 Å². The highest BCUT2D eigenvalue weighted by Gasteiger charge is 2.27. The molecule has 0 aromatic carbocycles. The number of nitrogens with zero attached hydrogens (tertiary/aromatic N) is 7. The Morgan fingerprint density at radius 2 is 2.04 bits per heavy atom. The lowest BCUT2D eigenvalue weighted by atomic mass is 10.1. The molecule has 136 valence electrons. The van der Waals surface area contributed by atoms with E-state index in [1.54, 1.807) is 0 Å². The quantitative estimate of drug-likeness (QED) is 0.811. The lowest BCUT2D eigenvalue weighted by Crippen LogP contribution is -2.47. The number of anilines is 3. The number of hydrogen-bond donors (Lipinski definition) is 0. The fourth-order valence-electron chi connectivity index (χ4n) is 2.96. The zero-order chi connectivity index (χ0) is 18.0. The Balaban J connectivity index is 1.73. The second kappa shape index (κ2) is 7.51. The number of aromatic nitrogens is 4. The molecule has 1 fully saturated rings. The first-order chi connectivity index (χ1) is 12.0. The average Bonchev–Trinajstić information content (AvgIpc) is 3.12. The smallest absolute Gasteiger partial charge is 0.227 e. The summed E-state index contributed by atoms with van der Waals surface area (Å²) in [5.74, 6) is 3.02. The Morgan fingerprint density at radius 1 is 1.24 bits per heavy atom. The van der Waals surface area contributed by atoms with E-state index in [0.29, 0.717) is 12.0 Å². The van der Waals surface area contributed by atoms with Crippen LogP contribution in [0.1, 0.15) is 38.4 Å². The van der Waals surface area contributed by atoms with E-state index in [2.05, 4.69) is 45.0 Å². The Bertz CT molecular complexity index is 700. The molecule has 25 heavy (non-hydrogen) atoms. The van der Waals surface area contributed by atoms with Gasteiger partial charge in [-0.2, -0.15) is 9.36 Å². The van der Waals surface area contributed by atoms with Crippen LogP contribution in [-0.4, -0.2) is 59.6 Å². The van der Waals surface area contributed by atoms with Gasteiger partial charge in [-0.05, 0) is 18.9 Å². The molecule has 0 radical (unpaired) electrons. The van der Waals surface area contributed by atoms with Crippen molar-refractivity contribution in [3.05, 3.63) is 18.1 Å². The summed E-state index contributed by atoms with van der Waals surface area (Å²) in [5, 5.41) is 1.03. The van der Waals surface area contributed by atoms with E-state index in [0.717, 1.165) is 48.7 Å². The highest BCUT2D eigenvalue weighted by Crippen LogP contribution is 2.27. The molecule has 1 saturated heterocycles. The highest BCUT2D eigenvalue weighted by molar-refractivity contribution is 7.09. The van der Waals surface area contributed by atoms with Gasteiger partial charge in [0.25, 0.3) is 0 Å². The van der Waals surface area contributed by atoms with Crippen LogP contribution in [0.2, 0.25) is 0 Å². The van der Waals surface area contributed by atoms with Crippen LogP contribution in [0.5, 0.6) is 0 Å². The molecule has 2 aromatic rings. The van der Waals surface area contributed by atoms with E-state index in [-0.39, 0.29) is 0 Å². The van der Waals surface area contributed by atoms with Crippen LogP contribution >= 0.6 is 11.5 Å². The first kappa shape index (κ1) is 17.8. The summed E-state index contributed by atoms with van der Waals surface area (Å²) in [6.07, 6.45) is 4.10. The highest BCUT2D eigenvalue weighted by atomic mass is 32.1. The van der Waals surface area contributed by atoms with Crippen LogP contribution in [0.25, 0.3) is 0 Å². The molecular weight excluding hydrogens is 334 g/mol. The van der Waals surface area contributed by atoms with Gasteiger partial charge < -0.3 is 14.7 Å². The van der Waals surface area contributed by atoms with Gasteiger partial charge in [-0.1, -0.05) is 13.8 Å². The van der Waals surface area contributed by atoms with Crippen LogP contribution in [0.15, 0.2) is 12.3 Å². The Hall–Kier alpha value is -1.96. The predicted molar refractivity (Wildman–Crippen MR) is 104 cm³/mol. The zero-order valence-corrected chi connectivity index (χ0v) is 16.5. The van der Waals surface area contributed by atoms with Crippen LogP contribution in [0.4, 0.5) is 16.9 Å². The lowest BCUT2D eigenvalue weighted by Gasteiger charge is -2.37. The first-order valence-corrected chi connectivity index (χ1v) is 9.54. The number of hydrogen-bond acceptors (Lipinski definition) is 8. The van der Waals surface area contributed by atoms with E-state index in [9.17, 15) is 0 Å². The number of likely N-dealkylation sites (N-methyl/N-ethyl adjacent to an activating group) is 1. The fraction of sp³-hybridized carbons (Fsp3) is 0.647. The maximum absolute atomic E-state index is 4.71. The van der Waals surface area contributed by atoms with Crippen LogP contribution in [0.3, 0.4) is 0 Å². The van der Waals surface area contributed by atoms with Gasteiger partial charge in [0.05, 0.1) is 0 Å². The van der Waals surface area contributed by atoms with Crippen LogP contribution in [0, 0.1) is 0 Å². The summed E-state index contributed by atoms with van der Waals surface area (Å²) in [4.78, 5) is 20.4. The summed E-state index contributed by atoms with van der Waals surface area (Å²) in [6.45, 7) is 6.23. The fourth-order valence-corrected chi connectivity index (χ4v) is 3.80. The Labute approximate surface area is 153 Å². The van der Waals surface area contributed by atoms with E-state index >= 15 is 0 Å². The predicted octanol–water partition coefficient (Wildman–Crippen LogP) is 2.62. The van der Waals surface area contributed by atoms with Gasteiger partial charge in [-0.3, -0.25) is 0 Å².